The number of azo groups is 1. The van der Waals surface area contributed by atoms with Crippen LogP contribution in [0.2, 0.25) is 5.02 Å². The fourth-order valence-electron chi connectivity index (χ4n) is 2.15. The Morgan fingerprint density at radius 1 is 1.18 bits per heavy atom. The second kappa shape index (κ2) is 8.26. The molecular weight excluding hydrogens is 396 g/mol. The van der Waals surface area contributed by atoms with Crippen molar-refractivity contribution in [2.24, 2.45) is 10.2 Å². The molecule has 12 nitrogen and oxygen atoms in total. The molecule has 1 amide bonds. The van der Waals surface area contributed by atoms with Crippen LogP contribution >= 0.6 is 11.6 Å². The molecule has 0 spiro atoms. The summed E-state index contributed by atoms with van der Waals surface area (Å²) in [6.07, 6.45) is 0. The average molecular weight is 409 g/mol. The van der Waals surface area contributed by atoms with Crippen molar-refractivity contribution in [3.63, 3.8) is 0 Å². The summed E-state index contributed by atoms with van der Waals surface area (Å²) in [5.41, 5.74) is 4.60. The van der Waals surface area contributed by atoms with Crippen molar-refractivity contribution in [2.75, 3.05) is 18.2 Å². The number of nitrogens with one attached hydrogen (secondary N) is 1. The number of rotatable bonds is 6. The molecule has 0 saturated heterocycles. The van der Waals surface area contributed by atoms with Crippen LogP contribution in [0.1, 0.15) is 6.92 Å². The highest BCUT2D eigenvalue weighted by Gasteiger charge is 2.24. The average Bonchev–Trinajstić information content (AvgIpc) is 2.60. The van der Waals surface area contributed by atoms with Gasteiger partial charge < -0.3 is 15.8 Å². The van der Waals surface area contributed by atoms with E-state index in [2.05, 4.69) is 15.5 Å². The van der Waals surface area contributed by atoms with E-state index in [4.69, 9.17) is 22.1 Å². The van der Waals surface area contributed by atoms with E-state index in [1.54, 1.807) is 0 Å². The lowest BCUT2D eigenvalue weighted by atomic mass is 10.2. The molecule has 146 valence electrons. The van der Waals surface area contributed by atoms with Gasteiger partial charge in [-0.2, -0.15) is 0 Å². The Morgan fingerprint density at radius 2 is 1.86 bits per heavy atom. The number of anilines is 2. The van der Waals surface area contributed by atoms with Gasteiger partial charge >= 0.3 is 5.69 Å². The van der Waals surface area contributed by atoms with Gasteiger partial charge in [0.25, 0.3) is 5.69 Å². The molecule has 2 rings (SSSR count). The fraction of sp³-hybridized carbons (Fsp3) is 0.133. The third-order valence-corrected chi connectivity index (χ3v) is 3.64. The number of non-ortho nitro benzene ring substituents is 1. The van der Waals surface area contributed by atoms with Gasteiger partial charge in [-0.15, -0.1) is 10.2 Å². The molecule has 0 bridgehead atoms. The first-order valence-electron chi connectivity index (χ1n) is 7.43. The second-order valence-electron chi connectivity index (χ2n) is 5.30. The van der Waals surface area contributed by atoms with Crippen molar-refractivity contribution >= 4 is 51.6 Å². The molecule has 0 atom stereocenters. The first-order valence-corrected chi connectivity index (χ1v) is 7.81. The van der Waals surface area contributed by atoms with Crippen LogP contribution in [0.15, 0.2) is 34.5 Å². The summed E-state index contributed by atoms with van der Waals surface area (Å²) in [6, 6.07) is 4.37. The summed E-state index contributed by atoms with van der Waals surface area (Å²) in [5, 5.41) is 31.9. The van der Waals surface area contributed by atoms with Gasteiger partial charge in [0.15, 0.2) is 5.69 Å². The Labute approximate surface area is 162 Å². The van der Waals surface area contributed by atoms with Crippen molar-refractivity contribution in [3.8, 4) is 5.75 Å². The number of nitro groups is 2. The van der Waals surface area contributed by atoms with Crippen molar-refractivity contribution in [3.05, 3.63) is 49.5 Å². The number of nitro benzene ring substituents is 2. The van der Waals surface area contributed by atoms with Crippen LogP contribution in [0, 0.1) is 20.2 Å². The van der Waals surface area contributed by atoms with Crippen LogP contribution in [0.4, 0.5) is 34.1 Å². The van der Waals surface area contributed by atoms with E-state index in [1.165, 1.54) is 26.2 Å². The second-order valence-corrected chi connectivity index (χ2v) is 5.71. The summed E-state index contributed by atoms with van der Waals surface area (Å²) >= 11 is 5.92. The lowest BCUT2D eigenvalue weighted by Crippen LogP contribution is -2.06. The quantitative estimate of drug-likeness (QED) is 0.312. The van der Waals surface area contributed by atoms with E-state index in [0.717, 1.165) is 12.1 Å². The molecule has 0 aromatic heterocycles. The van der Waals surface area contributed by atoms with Crippen LogP contribution in [0.25, 0.3) is 0 Å². The highest BCUT2D eigenvalue weighted by molar-refractivity contribution is 6.33. The Morgan fingerprint density at radius 3 is 2.39 bits per heavy atom. The number of ether oxygens (including phenoxy) is 1. The first kappa shape index (κ1) is 20.5. The largest absolute Gasteiger partial charge is 0.495 e. The fourth-order valence-corrected chi connectivity index (χ4v) is 2.40. The van der Waals surface area contributed by atoms with E-state index >= 15 is 0 Å². The first-order chi connectivity index (χ1) is 13.1. The van der Waals surface area contributed by atoms with Crippen molar-refractivity contribution in [2.45, 2.75) is 6.92 Å². The Balaban J connectivity index is 2.60. The molecule has 0 heterocycles. The molecule has 0 aliphatic heterocycles. The number of hydrogen-bond acceptors (Lipinski definition) is 9. The summed E-state index contributed by atoms with van der Waals surface area (Å²) in [7, 11) is 1.36. The molecule has 0 fully saturated rings. The molecule has 2 aromatic rings. The van der Waals surface area contributed by atoms with Gasteiger partial charge in [0.1, 0.15) is 11.4 Å². The van der Waals surface area contributed by atoms with E-state index in [-0.39, 0.29) is 33.5 Å². The van der Waals surface area contributed by atoms with Gasteiger partial charge in [0.2, 0.25) is 5.91 Å². The third kappa shape index (κ3) is 4.48. The number of halogens is 1. The summed E-state index contributed by atoms with van der Waals surface area (Å²) in [6.45, 7) is 1.26. The minimum absolute atomic E-state index is 0.0740. The molecule has 28 heavy (non-hydrogen) atoms. The molecule has 0 aliphatic carbocycles. The number of carbonyl (C=O) groups excluding carboxylic acids is 1. The number of nitrogens with zero attached hydrogens (tertiary/aromatic N) is 4. The van der Waals surface area contributed by atoms with Crippen LogP contribution < -0.4 is 15.8 Å². The van der Waals surface area contributed by atoms with Crippen molar-refractivity contribution < 1.29 is 19.4 Å². The molecule has 0 radical (unpaired) electrons. The van der Waals surface area contributed by atoms with Gasteiger partial charge in [0.05, 0.1) is 39.4 Å². The minimum Gasteiger partial charge on any atom is -0.495 e. The zero-order valence-electron chi connectivity index (χ0n) is 14.5. The van der Waals surface area contributed by atoms with Crippen LogP contribution in [-0.2, 0) is 4.79 Å². The van der Waals surface area contributed by atoms with Gasteiger partial charge in [-0.25, -0.2) is 0 Å². The Kier molecular flexibility index (Phi) is 6.05. The molecule has 13 heteroatoms. The minimum atomic E-state index is -0.870. The normalized spacial score (nSPS) is 10.7. The maximum absolute atomic E-state index is 11.4. The van der Waals surface area contributed by atoms with Crippen molar-refractivity contribution in [1.82, 2.24) is 0 Å². The zero-order valence-corrected chi connectivity index (χ0v) is 15.3. The number of carbonyl (C=O) groups is 1. The van der Waals surface area contributed by atoms with Crippen molar-refractivity contribution in [1.29, 1.82) is 0 Å². The summed E-state index contributed by atoms with van der Waals surface area (Å²) < 4.78 is 5.08. The highest BCUT2D eigenvalue weighted by atomic mass is 35.5. The van der Waals surface area contributed by atoms with Gasteiger partial charge in [-0.3, -0.25) is 25.0 Å². The summed E-state index contributed by atoms with van der Waals surface area (Å²) in [5.74, 6) is -0.187. The number of benzene rings is 2. The van der Waals surface area contributed by atoms with E-state index in [1.807, 2.05) is 0 Å². The molecule has 0 saturated carbocycles. The zero-order chi connectivity index (χ0) is 21.0. The number of amides is 1. The molecule has 0 unspecified atom stereocenters. The number of nitrogens with two attached hydrogens (primary N) is 1. The van der Waals surface area contributed by atoms with Crippen LogP contribution in [-0.4, -0.2) is 22.9 Å². The maximum atomic E-state index is 11.4. The third-order valence-electron chi connectivity index (χ3n) is 3.35. The predicted octanol–water partition coefficient (Wildman–Crippen LogP) is 4.12. The lowest BCUT2D eigenvalue weighted by molar-refractivity contribution is -0.393. The standard InChI is InChI=1S/C15H13ClN6O6/c1-7(23)18-11-5-10(17)14(28-2)6-12(11)19-20-15-9(16)3-8(21(24)25)4-13(15)22(26)27/h3-6H,17H2,1-2H3,(H,18,23). The van der Waals surface area contributed by atoms with Gasteiger partial charge in [-0.05, 0) is 6.07 Å². The number of hydrogen-bond donors (Lipinski definition) is 2. The van der Waals surface area contributed by atoms with E-state index < -0.39 is 27.1 Å². The Hall–Kier alpha value is -3.80. The maximum Gasteiger partial charge on any atom is 0.305 e. The smallest absolute Gasteiger partial charge is 0.305 e. The van der Waals surface area contributed by atoms with E-state index in [0.29, 0.717) is 0 Å². The monoisotopic (exact) mass is 408 g/mol. The number of methoxy groups -OCH3 is 1. The summed E-state index contributed by atoms with van der Waals surface area (Å²) in [4.78, 5) is 31.8. The van der Waals surface area contributed by atoms with Gasteiger partial charge in [-0.1, -0.05) is 11.6 Å². The predicted molar refractivity (Wildman–Crippen MR) is 101 cm³/mol. The molecular formula is C15H13ClN6O6. The lowest BCUT2D eigenvalue weighted by Gasteiger charge is -2.10. The van der Waals surface area contributed by atoms with Crippen LogP contribution in [0.5, 0.6) is 5.75 Å². The topological polar surface area (TPSA) is 175 Å². The van der Waals surface area contributed by atoms with Crippen LogP contribution in [0.3, 0.4) is 0 Å². The molecule has 3 N–H and O–H groups in total. The Bertz CT molecular complexity index is 1010. The van der Waals surface area contributed by atoms with Gasteiger partial charge in [0, 0.05) is 19.1 Å². The number of nitrogen functional groups attached to an aromatic ring is 1. The SMILES string of the molecule is COc1cc(N=Nc2c(Cl)cc([N+](=O)[O-])cc2[N+](=O)[O-])c(NC(C)=O)cc1N. The molecule has 2 aromatic carbocycles. The van der Waals surface area contributed by atoms with E-state index in [9.17, 15) is 25.0 Å². The highest BCUT2D eigenvalue weighted by Crippen LogP contribution is 2.41. The molecule has 0 aliphatic rings.